The van der Waals surface area contributed by atoms with Crippen molar-refractivity contribution in [2.45, 2.75) is 6.42 Å². The maximum Gasteiger partial charge on any atom is 0.256 e. The van der Waals surface area contributed by atoms with E-state index in [9.17, 15) is 9.59 Å². The molecule has 0 atom stereocenters. The van der Waals surface area contributed by atoms with Crippen LogP contribution < -0.4 is 5.32 Å². The molecule has 5 nitrogen and oxygen atoms in total. The van der Waals surface area contributed by atoms with Crippen LogP contribution in [0.25, 0.3) is 0 Å². The minimum Gasteiger partial charge on any atom is -0.354 e. The smallest absolute Gasteiger partial charge is 0.256 e. The van der Waals surface area contributed by atoms with Crippen molar-refractivity contribution in [3.05, 3.63) is 28.5 Å². The minimum atomic E-state index is -0.0959. The highest BCUT2D eigenvalue weighted by Gasteiger charge is 2.21. The van der Waals surface area contributed by atoms with Crippen molar-refractivity contribution in [1.82, 2.24) is 15.2 Å². The molecule has 2 heterocycles. The Hall–Kier alpha value is -1.43. The molecule has 0 unspecified atom stereocenters. The van der Waals surface area contributed by atoms with Crippen LogP contribution in [0.15, 0.2) is 22.9 Å². The zero-order valence-electron chi connectivity index (χ0n) is 9.15. The van der Waals surface area contributed by atoms with E-state index < -0.39 is 0 Å². The van der Waals surface area contributed by atoms with E-state index in [1.165, 1.54) is 0 Å². The third-order valence-corrected chi connectivity index (χ3v) is 3.22. The van der Waals surface area contributed by atoms with Gasteiger partial charge in [-0.2, -0.15) is 0 Å². The first-order valence-corrected chi connectivity index (χ1v) is 6.14. The number of pyridine rings is 1. The van der Waals surface area contributed by atoms with Gasteiger partial charge in [0, 0.05) is 32.3 Å². The van der Waals surface area contributed by atoms with E-state index >= 15 is 0 Å². The van der Waals surface area contributed by atoms with Gasteiger partial charge < -0.3 is 10.2 Å². The summed E-state index contributed by atoms with van der Waals surface area (Å²) >= 11 is 3.25. The van der Waals surface area contributed by atoms with Crippen LogP contribution in [0.1, 0.15) is 16.8 Å². The summed E-state index contributed by atoms with van der Waals surface area (Å²) in [6, 6.07) is 3.44. The molecule has 1 aromatic rings. The van der Waals surface area contributed by atoms with Crippen LogP contribution in [0, 0.1) is 0 Å². The number of hydrogen-bond donors (Lipinski definition) is 1. The molecule has 0 aromatic carbocycles. The van der Waals surface area contributed by atoms with E-state index in [0.717, 1.165) is 0 Å². The van der Waals surface area contributed by atoms with Crippen LogP contribution in [0.4, 0.5) is 0 Å². The molecule has 1 N–H and O–H groups in total. The van der Waals surface area contributed by atoms with Crippen molar-refractivity contribution in [2.75, 3.05) is 19.6 Å². The second-order valence-electron chi connectivity index (χ2n) is 3.73. The van der Waals surface area contributed by atoms with Gasteiger partial charge in [-0.3, -0.25) is 9.59 Å². The molecule has 0 radical (unpaired) electrons. The first-order chi connectivity index (χ1) is 8.18. The van der Waals surface area contributed by atoms with E-state index in [-0.39, 0.29) is 11.8 Å². The van der Waals surface area contributed by atoms with Crippen LogP contribution in [-0.4, -0.2) is 41.3 Å². The average Bonchev–Trinajstić information content (AvgIpc) is 2.54. The van der Waals surface area contributed by atoms with Crippen molar-refractivity contribution in [3.63, 3.8) is 0 Å². The normalized spacial score (nSPS) is 16.3. The molecule has 0 aliphatic carbocycles. The third-order valence-electron chi connectivity index (χ3n) is 2.59. The Labute approximate surface area is 107 Å². The van der Waals surface area contributed by atoms with Crippen LogP contribution in [0.5, 0.6) is 0 Å². The van der Waals surface area contributed by atoms with Crippen LogP contribution in [0.2, 0.25) is 0 Å². The molecule has 2 amide bonds. The molecule has 1 saturated heterocycles. The summed E-state index contributed by atoms with van der Waals surface area (Å²) in [6.07, 6.45) is 1.97. The number of nitrogens with one attached hydrogen (secondary N) is 1. The molecule has 1 aromatic heterocycles. The molecular formula is C11H12BrN3O2. The van der Waals surface area contributed by atoms with Gasteiger partial charge in [0.25, 0.3) is 5.91 Å². The molecule has 0 spiro atoms. The van der Waals surface area contributed by atoms with Crippen LogP contribution >= 0.6 is 15.9 Å². The van der Waals surface area contributed by atoms with Crippen molar-refractivity contribution in [2.24, 2.45) is 0 Å². The lowest BCUT2D eigenvalue weighted by molar-refractivity contribution is -0.120. The molecular weight excluding hydrogens is 286 g/mol. The summed E-state index contributed by atoms with van der Waals surface area (Å²) in [5, 5.41) is 2.74. The predicted molar refractivity (Wildman–Crippen MR) is 65.5 cm³/mol. The highest BCUT2D eigenvalue weighted by molar-refractivity contribution is 9.10. The summed E-state index contributed by atoms with van der Waals surface area (Å²) in [6.45, 7) is 1.49. The van der Waals surface area contributed by atoms with Crippen molar-refractivity contribution < 1.29 is 9.59 Å². The van der Waals surface area contributed by atoms with Gasteiger partial charge in [0.1, 0.15) is 4.60 Å². The van der Waals surface area contributed by atoms with E-state index in [2.05, 4.69) is 26.2 Å². The third kappa shape index (κ3) is 2.82. The van der Waals surface area contributed by atoms with Crippen LogP contribution in [0.3, 0.4) is 0 Å². The highest BCUT2D eigenvalue weighted by Crippen LogP contribution is 2.15. The number of carbonyl (C=O) groups is 2. The lowest BCUT2D eigenvalue weighted by atomic mass is 10.2. The molecule has 0 saturated carbocycles. The lowest BCUT2D eigenvalue weighted by Crippen LogP contribution is -2.34. The lowest BCUT2D eigenvalue weighted by Gasteiger charge is -2.19. The Kier molecular flexibility index (Phi) is 3.73. The van der Waals surface area contributed by atoms with E-state index in [1.54, 1.807) is 23.2 Å². The molecule has 90 valence electrons. The molecule has 0 bridgehead atoms. The van der Waals surface area contributed by atoms with Gasteiger partial charge >= 0.3 is 0 Å². The molecule has 17 heavy (non-hydrogen) atoms. The largest absolute Gasteiger partial charge is 0.354 e. The molecule has 1 aliphatic rings. The van der Waals surface area contributed by atoms with Gasteiger partial charge in [0.2, 0.25) is 5.91 Å². The number of halogens is 1. The fourth-order valence-electron chi connectivity index (χ4n) is 1.69. The number of aromatic nitrogens is 1. The Morgan fingerprint density at radius 1 is 1.47 bits per heavy atom. The summed E-state index contributed by atoms with van der Waals surface area (Å²) in [4.78, 5) is 29.1. The standard InChI is InChI=1S/C11H12BrN3O2/c12-10-8(2-1-4-14-10)11(17)15-6-3-9(16)13-5-7-15/h1-2,4H,3,5-7H2,(H,13,16). The Balaban J connectivity index is 2.14. The van der Waals surface area contributed by atoms with Crippen molar-refractivity contribution in [1.29, 1.82) is 0 Å². The van der Waals surface area contributed by atoms with Crippen molar-refractivity contribution in [3.8, 4) is 0 Å². The summed E-state index contributed by atoms with van der Waals surface area (Å²) in [7, 11) is 0. The Morgan fingerprint density at radius 3 is 3.06 bits per heavy atom. The first kappa shape index (κ1) is 12.0. The molecule has 1 fully saturated rings. The van der Waals surface area contributed by atoms with E-state index in [4.69, 9.17) is 0 Å². The zero-order chi connectivity index (χ0) is 12.3. The molecule has 2 rings (SSSR count). The van der Waals surface area contributed by atoms with Gasteiger partial charge in [-0.25, -0.2) is 4.98 Å². The van der Waals surface area contributed by atoms with Crippen LogP contribution in [-0.2, 0) is 4.79 Å². The van der Waals surface area contributed by atoms with E-state index in [1.807, 2.05) is 0 Å². The molecule has 6 heteroatoms. The maximum atomic E-state index is 12.2. The summed E-state index contributed by atoms with van der Waals surface area (Å²) in [5.74, 6) is -0.105. The topological polar surface area (TPSA) is 62.3 Å². The number of nitrogens with zero attached hydrogens (tertiary/aromatic N) is 2. The number of carbonyl (C=O) groups excluding carboxylic acids is 2. The fraction of sp³-hybridized carbons (Fsp3) is 0.364. The Bertz CT molecular complexity index is 450. The van der Waals surface area contributed by atoms with Gasteiger partial charge in [0.05, 0.1) is 5.56 Å². The quantitative estimate of drug-likeness (QED) is 0.780. The van der Waals surface area contributed by atoms with Gasteiger partial charge in [-0.15, -0.1) is 0 Å². The monoisotopic (exact) mass is 297 g/mol. The Morgan fingerprint density at radius 2 is 2.29 bits per heavy atom. The van der Waals surface area contributed by atoms with Gasteiger partial charge in [-0.1, -0.05) is 0 Å². The number of hydrogen-bond acceptors (Lipinski definition) is 3. The zero-order valence-corrected chi connectivity index (χ0v) is 10.7. The number of amides is 2. The second-order valence-corrected chi connectivity index (χ2v) is 4.49. The predicted octanol–water partition coefficient (Wildman–Crippen LogP) is 0.806. The van der Waals surface area contributed by atoms with Gasteiger partial charge in [0.15, 0.2) is 0 Å². The number of rotatable bonds is 1. The fourth-order valence-corrected chi connectivity index (χ4v) is 2.11. The first-order valence-electron chi connectivity index (χ1n) is 5.35. The summed E-state index contributed by atoms with van der Waals surface area (Å²) in [5.41, 5.74) is 0.529. The minimum absolute atomic E-state index is 0.00875. The average molecular weight is 298 g/mol. The second kappa shape index (κ2) is 5.27. The summed E-state index contributed by atoms with van der Waals surface area (Å²) < 4.78 is 0.536. The molecule has 1 aliphatic heterocycles. The van der Waals surface area contributed by atoms with Crippen molar-refractivity contribution >= 4 is 27.7 Å². The van der Waals surface area contributed by atoms with E-state index in [0.29, 0.717) is 36.2 Å². The van der Waals surface area contributed by atoms with Gasteiger partial charge in [-0.05, 0) is 28.1 Å². The SMILES string of the molecule is O=C1CCN(C(=O)c2cccnc2Br)CCN1. The maximum absolute atomic E-state index is 12.2. The highest BCUT2D eigenvalue weighted by atomic mass is 79.9.